The number of hydrogen-bond donors (Lipinski definition) is 2. The van der Waals surface area contributed by atoms with E-state index in [1.54, 1.807) is 0 Å². The summed E-state index contributed by atoms with van der Waals surface area (Å²) in [7, 11) is 0. The Morgan fingerprint density at radius 1 is 1.09 bits per heavy atom. The van der Waals surface area contributed by atoms with E-state index in [2.05, 4.69) is 77.4 Å². The number of amides is 1. The van der Waals surface area contributed by atoms with Gasteiger partial charge in [0.2, 0.25) is 5.91 Å². The smallest absolute Gasteiger partial charge is 0.224 e. The highest BCUT2D eigenvalue weighted by Gasteiger charge is 2.20. The number of hydrogen-bond acceptors (Lipinski definition) is 4. The molecule has 1 heterocycles. The van der Waals surface area contributed by atoms with Gasteiger partial charge in [-0.15, -0.1) is 0 Å². The van der Waals surface area contributed by atoms with Crippen LogP contribution in [0.2, 0.25) is 0 Å². The largest absolute Gasteiger partial charge is 0.368 e. The second-order valence-electron chi connectivity index (χ2n) is 8.43. The molecule has 1 aromatic rings. The second kappa shape index (κ2) is 14.7. The Hall–Kier alpha value is -2.28. The molecule has 0 saturated carbocycles. The van der Waals surface area contributed by atoms with Gasteiger partial charge in [-0.2, -0.15) is 0 Å². The summed E-state index contributed by atoms with van der Waals surface area (Å²) in [6, 6.07) is 10.8. The van der Waals surface area contributed by atoms with Crippen LogP contribution in [0.5, 0.6) is 0 Å². The van der Waals surface area contributed by atoms with E-state index in [0.29, 0.717) is 19.0 Å². The summed E-state index contributed by atoms with van der Waals surface area (Å²) in [5, 5.41) is 6.80. The van der Waals surface area contributed by atoms with Crippen LogP contribution in [0, 0.1) is 0 Å². The van der Waals surface area contributed by atoms with Crippen LogP contribution >= 0.6 is 0 Å². The van der Waals surface area contributed by atoms with Crippen LogP contribution in [0.25, 0.3) is 0 Å². The second-order valence-corrected chi connectivity index (χ2v) is 8.43. The minimum atomic E-state index is 0.199. The molecule has 1 aliphatic heterocycles. The van der Waals surface area contributed by atoms with Gasteiger partial charge in [0.1, 0.15) is 0 Å². The zero-order valence-electron chi connectivity index (χ0n) is 20.6. The van der Waals surface area contributed by atoms with Gasteiger partial charge < -0.3 is 25.3 Å². The fourth-order valence-electron chi connectivity index (χ4n) is 4.06. The van der Waals surface area contributed by atoms with E-state index in [-0.39, 0.29) is 5.91 Å². The maximum atomic E-state index is 12.7. The summed E-state index contributed by atoms with van der Waals surface area (Å²) in [6.45, 7) is 16.7. The van der Waals surface area contributed by atoms with Crippen LogP contribution in [-0.4, -0.2) is 86.6 Å². The van der Waals surface area contributed by atoms with Crippen molar-refractivity contribution in [3.63, 3.8) is 0 Å². The molecule has 0 aromatic heterocycles. The van der Waals surface area contributed by atoms with E-state index >= 15 is 0 Å². The third-order valence-corrected chi connectivity index (χ3v) is 6.08. The summed E-state index contributed by atoms with van der Waals surface area (Å²) in [5.74, 6) is 1.01. The lowest BCUT2D eigenvalue weighted by Crippen LogP contribution is -2.49. The number of aliphatic imine (C=N–C) groups is 1. The minimum absolute atomic E-state index is 0.199. The van der Waals surface area contributed by atoms with E-state index in [0.717, 1.165) is 64.7 Å². The molecule has 2 rings (SSSR count). The fraction of sp³-hybridized carbons (Fsp3) is 0.680. The molecule has 1 saturated heterocycles. The number of benzene rings is 1. The molecule has 0 bridgehead atoms. The fourth-order valence-corrected chi connectivity index (χ4v) is 4.06. The minimum Gasteiger partial charge on any atom is -0.368 e. The maximum absolute atomic E-state index is 12.7. The standard InChI is InChI=1S/C25H44N6O/c1-5-26-25(28-22(4)12-11-17-29(6-2)7-3)27-16-15-24(32)31-20-18-30(19-21-31)23-13-9-8-10-14-23/h8-10,13-14,22H,5-7,11-12,15-21H2,1-4H3,(H2,26,27,28). The first kappa shape index (κ1) is 26.0. The SMILES string of the molecule is CCNC(=NCCC(=O)N1CCN(c2ccccc2)CC1)NC(C)CCCN(CC)CC. The van der Waals surface area contributed by atoms with Crippen molar-refractivity contribution in [3.8, 4) is 0 Å². The number of para-hydroxylation sites is 1. The molecule has 32 heavy (non-hydrogen) atoms. The molecule has 0 aliphatic carbocycles. The summed E-state index contributed by atoms with van der Waals surface area (Å²) < 4.78 is 0. The third-order valence-electron chi connectivity index (χ3n) is 6.08. The lowest BCUT2D eigenvalue weighted by Gasteiger charge is -2.36. The first-order valence-corrected chi connectivity index (χ1v) is 12.4. The van der Waals surface area contributed by atoms with Crippen LogP contribution in [-0.2, 0) is 4.79 Å². The molecular formula is C25H44N6O. The molecule has 1 fully saturated rings. The van der Waals surface area contributed by atoms with Crippen molar-refractivity contribution in [1.82, 2.24) is 20.4 Å². The zero-order chi connectivity index (χ0) is 23.2. The highest BCUT2D eigenvalue weighted by atomic mass is 16.2. The van der Waals surface area contributed by atoms with Crippen molar-refractivity contribution >= 4 is 17.6 Å². The lowest BCUT2D eigenvalue weighted by molar-refractivity contribution is -0.131. The Kier molecular flexibility index (Phi) is 11.9. The Morgan fingerprint density at radius 3 is 2.41 bits per heavy atom. The van der Waals surface area contributed by atoms with Crippen LogP contribution in [0.1, 0.15) is 47.0 Å². The van der Waals surface area contributed by atoms with E-state index < -0.39 is 0 Å². The van der Waals surface area contributed by atoms with Crippen molar-refractivity contribution in [1.29, 1.82) is 0 Å². The highest BCUT2D eigenvalue weighted by molar-refractivity contribution is 5.81. The van der Waals surface area contributed by atoms with Crippen LogP contribution in [0.15, 0.2) is 35.3 Å². The number of nitrogens with zero attached hydrogens (tertiary/aromatic N) is 4. The summed E-state index contributed by atoms with van der Waals surface area (Å²) in [4.78, 5) is 24.1. The normalized spacial score (nSPS) is 15.7. The van der Waals surface area contributed by atoms with Gasteiger partial charge in [0.15, 0.2) is 5.96 Å². The predicted octanol–water partition coefficient (Wildman–Crippen LogP) is 2.79. The molecule has 0 spiro atoms. The Bertz CT molecular complexity index is 668. The van der Waals surface area contributed by atoms with Gasteiger partial charge in [-0.3, -0.25) is 9.79 Å². The maximum Gasteiger partial charge on any atom is 0.224 e. The third kappa shape index (κ3) is 9.07. The molecule has 2 N–H and O–H groups in total. The highest BCUT2D eigenvalue weighted by Crippen LogP contribution is 2.15. The van der Waals surface area contributed by atoms with Gasteiger partial charge in [0.05, 0.1) is 6.54 Å². The monoisotopic (exact) mass is 444 g/mol. The first-order chi connectivity index (χ1) is 15.6. The molecule has 1 unspecified atom stereocenters. The molecule has 180 valence electrons. The molecular weight excluding hydrogens is 400 g/mol. The van der Waals surface area contributed by atoms with E-state index in [1.807, 2.05) is 11.0 Å². The van der Waals surface area contributed by atoms with Crippen LogP contribution < -0.4 is 15.5 Å². The molecule has 1 aromatic carbocycles. The zero-order valence-corrected chi connectivity index (χ0v) is 20.6. The van der Waals surface area contributed by atoms with Crippen LogP contribution in [0.3, 0.4) is 0 Å². The van der Waals surface area contributed by atoms with Crippen molar-refractivity contribution in [2.45, 2.75) is 53.0 Å². The summed E-state index contributed by atoms with van der Waals surface area (Å²) in [5.41, 5.74) is 1.23. The molecule has 1 atom stereocenters. The van der Waals surface area contributed by atoms with E-state index in [9.17, 15) is 4.79 Å². The average molecular weight is 445 g/mol. The Balaban J connectivity index is 1.72. The molecule has 0 radical (unpaired) electrons. The van der Waals surface area contributed by atoms with E-state index in [1.165, 1.54) is 12.1 Å². The van der Waals surface area contributed by atoms with Crippen molar-refractivity contribution < 1.29 is 4.79 Å². The molecule has 7 nitrogen and oxygen atoms in total. The predicted molar refractivity (Wildman–Crippen MR) is 135 cm³/mol. The summed E-state index contributed by atoms with van der Waals surface area (Å²) in [6.07, 6.45) is 2.73. The van der Waals surface area contributed by atoms with Gasteiger partial charge in [-0.1, -0.05) is 32.0 Å². The number of rotatable bonds is 12. The topological polar surface area (TPSA) is 63.2 Å². The molecule has 1 aliphatic rings. The lowest BCUT2D eigenvalue weighted by atomic mass is 10.2. The first-order valence-electron chi connectivity index (χ1n) is 12.4. The Morgan fingerprint density at radius 2 is 1.78 bits per heavy atom. The molecule has 7 heteroatoms. The van der Waals surface area contributed by atoms with Crippen molar-refractivity contribution in [2.75, 3.05) is 63.8 Å². The number of nitrogens with one attached hydrogen (secondary N) is 2. The average Bonchev–Trinajstić information content (AvgIpc) is 2.82. The molecule has 1 amide bonds. The van der Waals surface area contributed by atoms with Crippen molar-refractivity contribution in [2.24, 2.45) is 4.99 Å². The van der Waals surface area contributed by atoms with Gasteiger partial charge in [0, 0.05) is 50.9 Å². The van der Waals surface area contributed by atoms with Gasteiger partial charge >= 0.3 is 0 Å². The number of carbonyl (C=O) groups excluding carboxylic acids is 1. The number of guanidine groups is 1. The number of piperazine rings is 1. The summed E-state index contributed by atoms with van der Waals surface area (Å²) >= 11 is 0. The number of carbonyl (C=O) groups is 1. The van der Waals surface area contributed by atoms with Crippen molar-refractivity contribution in [3.05, 3.63) is 30.3 Å². The van der Waals surface area contributed by atoms with Gasteiger partial charge in [0.25, 0.3) is 0 Å². The van der Waals surface area contributed by atoms with E-state index in [4.69, 9.17) is 0 Å². The number of anilines is 1. The Labute approximate surface area is 195 Å². The van der Waals surface area contributed by atoms with Gasteiger partial charge in [-0.05, 0) is 58.5 Å². The van der Waals surface area contributed by atoms with Crippen LogP contribution in [0.4, 0.5) is 5.69 Å². The quantitative estimate of drug-likeness (QED) is 0.383. The van der Waals surface area contributed by atoms with Gasteiger partial charge in [-0.25, -0.2) is 0 Å².